The largest absolute Gasteiger partial charge is 0.351 e. The summed E-state index contributed by atoms with van der Waals surface area (Å²) >= 11 is 7.43. The molecule has 0 radical (unpaired) electrons. The SMILES string of the molecule is CSc1ccc(N2C(=S)NC(c3cccc(F)c3)C(c3nc(-c4ccccc4)no3)=C2C)cc1. The molecule has 1 aliphatic rings. The molecule has 0 fully saturated rings. The van der Waals surface area contributed by atoms with Gasteiger partial charge < -0.3 is 9.84 Å². The zero-order valence-corrected chi connectivity index (χ0v) is 20.2. The van der Waals surface area contributed by atoms with Crippen molar-refractivity contribution < 1.29 is 8.91 Å². The van der Waals surface area contributed by atoms with Crippen LogP contribution in [0.2, 0.25) is 0 Å². The molecule has 1 N–H and O–H groups in total. The normalized spacial score (nSPS) is 16.0. The van der Waals surface area contributed by atoms with E-state index in [9.17, 15) is 4.39 Å². The van der Waals surface area contributed by atoms with E-state index in [1.165, 1.54) is 12.1 Å². The maximum atomic E-state index is 14.1. The lowest BCUT2D eigenvalue weighted by molar-refractivity contribution is 0.404. The van der Waals surface area contributed by atoms with Crippen LogP contribution >= 0.6 is 24.0 Å². The van der Waals surface area contributed by atoms with E-state index in [0.29, 0.717) is 22.4 Å². The number of thiocarbonyl (C=S) groups is 1. The minimum atomic E-state index is -0.450. The summed E-state index contributed by atoms with van der Waals surface area (Å²) in [5.74, 6) is 0.511. The molecule has 1 aliphatic heterocycles. The van der Waals surface area contributed by atoms with Crippen molar-refractivity contribution in [1.29, 1.82) is 0 Å². The standard InChI is InChI=1S/C26H21FN4OS2/c1-16-22(25-29-24(30-32-25)17-7-4-3-5-8-17)23(18-9-6-10-19(27)15-18)28-26(33)31(16)20-11-13-21(34-2)14-12-20/h3-15,23H,1-2H3,(H,28,33). The third kappa shape index (κ3) is 4.22. The van der Waals surface area contributed by atoms with Gasteiger partial charge in [0.25, 0.3) is 5.89 Å². The maximum Gasteiger partial charge on any atom is 0.258 e. The van der Waals surface area contributed by atoms with Gasteiger partial charge in [-0.05, 0) is 67.4 Å². The highest BCUT2D eigenvalue weighted by molar-refractivity contribution is 7.98. The first-order valence-corrected chi connectivity index (χ1v) is 12.3. The quantitative estimate of drug-likeness (QED) is 0.255. The summed E-state index contributed by atoms with van der Waals surface area (Å²) in [5.41, 5.74) is 4.04. The van der Waals surface area contributed by atoms with Gasteiger partial charge in [-0.3, -0.25) is 4.90 Å². The van der Waals surface area contributed by atoms with Crippen molar-refractivity contribution in [2.24, 2.45) is 0 Å². The third-order valence-electron chi connectivity index (χ3n) is 5.69. The van der Waals surface area contributed by atoms with E-state index >= 15 is 0 Å². The molecule has 34 heavy (non-hydrogen) atoms. The lowest BCUT2D eigenvalue weighted by Gasteiger charge is -2.37. The number of allylic oxidation sites excluding steroid dienone is 1. The predicted molar refractivity (Wildman–Crippen MR) is 138 cm³/mol. The summed E-state index contributed by atoms with van der Waals surface area (Å²) in [4.78, 5) is 7.79. The highest BCUT2D eigenvalue weighted by Gasteiger charge is 2.35. The fourth-order valence-electron chi connectivity index (χ4n) is 4.04. The Morgan fingerprint density at radius 3 is 2.50 bits per heavy atom. The Morgan fingerprint density at radius 2 is 1.79 bits per heavy atom. The molecule has 8 heteroatoms. The molecule has 2 heterocycles. The Hall–Kier alpha value is -3.49. The molecule has 0 saturated carbocycles. The summed E-state index contributed by atoms with van der Waals surface area (Å²) in [6, 6.07) is 23.8. The summed E-state index contributed by atoms with van der Waals surface area (Å²) in [5, 5.41) is 8.08. The van der Waals surface area contributed by atoms with Crippen LogP contribution in [0.15, 0.2) is 94.0 Å². The van der Waals surface area contributed by atoms with Crippen LogP contribution in [0.25, 0.3) is 17.0 Å². The molecule has 3 aromatic carbocycles. The Balaban J connectivity index is 1.65. The number of nitrogens with zero attached hydrogens (tertiary/aromatic N) is 3. The lowest BCUT2D eigenvalue weighted by atomic mass is 9.94. The molecular weight excluding hydrogens is 467 g/mol. The number of thioether (sulfide) groups is 1. The molecule has 5 rings (SSSR count). The number of halogens is 1. The third-order valence-corrected chi connectivity index (χ3v) is 6.73. The second-order valence-corrected chi connectivity index (χ2v) is 9.03. The first-order valence-electron chi connectivity index (χ1n) is 10.7. The minimum Gasteiger partial charge on any atom is -0.351 e. The summed E-state index contributed by atoms with van der Waals surface area (Å²) in [7, 11) is 0. The number of nitrogens with one attached hydrogen (secondary N) is 1. The van der Waals surface area contributed by atoms with E-state index in [4.69, 9.17) is 21.7 Å². The second kappa shape index (κ2) is 9.40. The number of hydrogen-bond donors (Lipinski definition) is 1. The maximum absolute atomic E-state index is 14.1. The average Bonchev–Trinajstić information content (AvgIpc) is 3.34. The van der Waals surface area contributed by atoms with Gasteiger partial charge in [0.2, 0.25) is 5.82 Å². The van der Waals surface area contributed by atoms with Crippen LogP contribution in [0.3, 0.4) is 0 Å². The summed E-state index contributed by atoms with van der Waals surface area (Å²) in [6.07, 6.45) is 2.04. The molecule has 1 atom stereocenters. The van der Waals surface area contributed by atoms with Gasteiger partial charge >= 0.3 is 0 Å². The molecule has 1 unspecified atom stereocenters. The second-order valence-electron chi connectivity index (χ2n) is 7.76. The lowest BCUT2D eigenvalue weighted by Crippen LogP contribution is -2.46. The predicted octanol–water partition coefficient (Wildman–Crippen LogP) is 6.46. The van der Waals surface area contributed by atoms with Gasteiger partial charge in [0.15, 0.2) is 5.11 Å². The highest BCUT2D eigenvalue weighted by Crippen LogP contribution is 2.39. The molecule has 0 spiro atoms. The van der Waals surface area contributed by atoms with Gasteiger partial charge in [0.1, 0.15) is 5.82 Å². The van der Waals surface area contributed by atoms with E-state index in [0.717, 1.165) is 27.4 Å². The zero-order chi connectivity index (χ0) is 23.7. The smallest absolute Gasteiger partial charge is 0.258 e. The van der Waals surface area contributed by atoms with Crippen molar-refractivity contribution in [3.8, 4) is 11.4 Å². The molecule has 5 nitrogen and oxygen atoms in total. The van der Waals surface area contributed by atoms with Crippen LogP contribution in [0.1, 0.15) is 24.4 Å². The molecule has 0 saturated heterocycles. The van der Waals surface area contributed by atoms with E-state index in [1.807, 2.05) is 66.6 Å². The molecule has 0 bridgehead atoms. The fraction of sp³-hybridized carbons (Fsp3) is 0.115. The van der Waals surface area contributed by atoms with Crippen LogP contribution in [0, 0.1) is 5.82 Å². The van der Waals surface area contributed by atoms with Crippen LogP contribution in [-0.4, -0.2) is 21.5 Å². The van der Waals surface area contributed by atoms with Gasteiger partial charge in [0.05, 0.1) is 11.6 Å². The van der Waals surface area contributed by atoms with E-state index < -0.39 is 6.04 Å². The van der Waals surface area contributed by atoms with Crippen LogP contribution in [0.5, 0.6) is 0 Å². The van der Waals surface area contributed by atoms with E-state index in [1.54, 1.807) is 17.8 Å². The molecule has 4 aromatic rings. The topological polar surface area (TPSA) is 54.2 Å². The van der Waals surface area contributed by atoms with Crippen LogP contribution < -0.4 is 10.2 Å². The first kappa shape index (κ1) is 22.3. The van der Waals surface area contributed by atoms with Crippen molar-refractivity contribution >= 4 is 40.4 Å². The van der Waals surface area contributed by atoms with Crippen molar-refractivity contribution in [2.75, 3.05) is 11.2 Å². The average molecular weight is 489 g/mol. The Labute approximate surface area is 206 Å². The Bertz CT molecular complexity index is 1370. The number of anilines is 1. The minimum absolute atomic E-state index is 0.326. The molecule has 0 aliphatic carbocycles. The molecule has 1 aromatic heterocycles. The summed E-state index contributed by atoms with van der Waals surface area (Å²) in [6.45, 7) is 1.96. The van der Waals surface area contributed by atoms with Crippen LogP contribution in [0.4, 0.5) is 10.1 Å². The molecule has 0 amide bonds. The molecular formula is C26H21FN4OS2. The Morgan fingerprint density at radius 1 is 1.03 bits per heavy atom. The van der Waals surface area contributed by atoms with Gasteiger partial charge in [-0.15, -0.1) is 11.8 Å². The van der Waals surface area contributed by atoms with Gasteiger partial charge in [-0.1, -0.05) is 47.6 Å². The Kier molecular flexibility index (Phi) is 6.17. The number of rotatable bonds is 5. The monoisotopic (exact) mass is 488 g/mol. The molecule has 170 valence electrons. The van der Waals surface area contributed by atoms with Gasteiger partial charge in [-0.2, -0.15) is 4.98 Å². The highest BCUT2D eigenvalue weighted by atomic mass is 32.2. The van der Waals surface area contributed by atoms with Crippen molar-refractivity contribution in [2.45, 2.75) is 17.9 Å². The zero-order valence-electron chi connectivity index (χ0n) is 18.5. The van der Waals surface area contributed by atoms with E-state index in [2.05, 4.69) is 22.6 Å². The van der Waals surface area contributed by atoms with Crippen molar-refractivity contribution in [3.63, 3.8) is 0 Å². The van der Waals surface area contributed by atoms with Crippen molar-refractivity contribution in [3.05, 3.63) is 102 Å². The van der Waals surface area contributed by atoms with Gasteiger partial charge in [-0.25, -0.2) is 4.39 Å². The summed E-state index contributed by atoms with van der Waals surface area (Å²) < 4.78 is 19.9. The number of aromatic nitrogens is 2. The van der Waals surface area contributed by atoms with Crippen molar-refractivity contribution in [1.82, 2.24) is 15.5 Å². The van der Waals surface area contributed by atoms with E-state index in [-0.39, 0.29) is 5.82 Å². The number of hydrogen-bond acceptors (Lipinski definition) is 5. The fourth-order valence-corrected chi connectivity index (χ4v) is 4.80. The number of benzene rings is 3. The van der Waals surface area contributed by atoms with Crippen LogP contribution in [-0.2, 0) is 0 Å². The first-order chi connectivity index (χ1) is 16.5. The van der Waals surface area contributed by atoms with Gasteiger partial charge in [0, 0.05) is 21.8 Å².